The average Bonchev–Trinajstić information content (AvgIpc) is 3.59. The van der Waals surface area contributed by atoms with Crippen LogP contribution in [0.3, 0.4) is 0 Å². The fourth-order valence-electron chi connectivity index (χ4n) is 3.88. The summed E-state index contributed by atoms with van der Waals surface area (Å²) in [5, 5.41) is 10.5. The molecule has 1 atom stereocenters. The molecule has 2 heterocycles. The second-order valence-corrected chi connectivity index (χ2v) is 9.25. The standard InChI is InChI=1S/C25H25Cl2N5O3/c1-14-11-17(26)12-19(24(33)30-15(2)16-6-7-16)22(14)31-25(34)21-9-8-18(13-29-35-3)32(21)23-20(27)5-4-10-28-23/h4-5,8-13,15-16H,6-7H2,1-3H3,(H,30,33)(H,31,34)/b29-13+. The number of benzene rings is 1. The predicted molar refractivity (Wildman–Crippen MR) is 137 cm³/mol. The molecule has 0 spiro atoms. The highest BCUT2D eigenvalue weighted by atomic mass is 35.5. The maximum Gasteiger partial charge on any atom is 0.272 e. The van der Waals surface area contributed by atoms with E-state index in [9.17, 15) is 9.59 Å². The van der Waals surface area contributed by atoms with Gasteiger partial charge < -0.3 is 15.5 Å². The Bertz CT molecular complexity index is 1300. The van der Waals surface area contributed by atoms with Crippen LogP contribution in [-0.4, -0.2) is 40.7 Å². The van der Waals surface area contributed by atoms with Crippen LogP contribution in [0.4, 0.5) is 5.69 Å². The first-order valence-electron chi connectivity index (χ1n) is 11.1. The molecule has 1 aliphatic rings. The van der Waals surface area contributed by atoms with Gasteiger partial charge in [0.15, 0.2) is 5.82 Å². The van der Waals surface area contributed by atoms with E-state index < -0.39 is 5.91 Å². The fourth-order valence-corrected chi connectivity index (χ4v) is 4.36. The molecule has 8 nitrogen and oxygen atoms in total. The van der Waals surface area contributed by atoms with Gasteiger partial charge in [-0.25, -0.2) is 4.98 Å². The Balaban J connectivity index is 1.71. The summed E-state index contributed by atoms with van der Waals surface area (Å²) in [5.74, 6) is 0.0849. The van der Waals surface area contributed by atoms with Crippen LogP contribution in [0.25, 0.3) is 5.82 Å². The van der Waals surface area contributed by atoms with Gasteiger partial charge in [0.25, 0.3) is 11.8 Å². The lowest BCUT2D eigenvalue weighted by molar-refractivity contribution is 0.0936. The van der Waals surface area contributed by atoms with Crippen molar-refractivity contribution in [2.45, 2.75) is 32.7 Å². The third-order valence-corrected chi connectivity index (χ3v) is 6.37. The Morgan fingerprint density at radius 2 is 2.00 bits per heavy atom. The van der Waals surface area contributed by atoms with Gasteiger partial charge in [-0.05, 0) is 74.6 Å². The van der Waals surface area contributed by atoms with Crippen molar-refractivity contribution in [3.63, 3.8) is 0 Å². The van der Waals surface area contributed by atoms with E-state index in [-0.39, 0.29) is 17.6 Å². The van der Waals surface area contributed by atoms with Crippen LogP contribution in [0.1, 0.15) is 51.9 Å². The second-order valence-electron chi connectivity index (χ2n) is 8.40. The summed E-state index contributed by atoms with van der Waals surface area (Å²) in [5.41, 5.74) is 2.11. The SMILES string of the molecule is CO/N=C/c1ccc(C(=O)Nc2c(C)cc(Cl)cc2C(=O)NC(C)C2CC2)n1-c1ncccc1Cl. The Hall–Kier alpha value is -3.36. The number of nitrogens with zero attached hydrogens (tertiary/aromatic N) is 3. The third kappa shape index (κ3) is 5.49. The number of carbonyl (C=O) groups is 2. The summed E-state index contributed by atoms with van der Waals surface area (Å²) in [4.78, 5) is 35.8. The van der Waals surface area contributed by atoms with Crippen molar-refractivity contribution in [1.82, 2.24) is 14.9 Å². The molecule has 1 aromatic carbocycles. The summed E-state index contributed by atoms with van der Waals surface area (Å²) in [6.07, 6.45) is 5.23. The van der Waals surface area contributed by atoms with Gasteiger partial charge in [0.2, 0.25) is 0 Å². The van der Waals surface area contributed by atoms with Crippen molar-refractivity contribution in [1.29, 1.82) is 0 Å². The minimum Gasteiger partial charge on any atom is -0.399 e. The molecule has 0 saturated heterocycles. The average molecular weight is 514 g/mol. The number of hydrogen-bond acceptors (Lipinski definition) is 5. The quantitative estimate of drug-likeness (QED) is 0.317. The van der Waals surface area contributed by atoms with Gasteiger partial charge in [-0.1, -0.05) is 28.4 Å². The van der Waals surface area contributed by atoms with Crippen LogP contribution in [0, 0.1) is 12.8 Å². The van der Waals surface area contributed by atoms with Gasteiger partial charge >= 0.3 is 0 Å². The zero-order chi connectivity index (χ0) is 25.1. The number of oxime groups is 1. The first-order chi connectivity index (χ1) is 16.8. The normalized spacial score (nSPS) is 14.1. The Morgan fingerprint density at radius 3 is 2.69 bits per heavy atom. The van der Waals surface area contributed by atoms with E-state index in [1.807, 2.05) is 6.92 Å². The molecule has 0 aliphatic heterocycles. The molecule has 182 valence electrons. The van der Waals surface area contributed by atoms with Crippen LogP contribution in [-0.2, 0) is 4.84 Å². The van der Waals surface area contributed by atoms with E-state index in [0.717, 1.165) is 12.8 Å². The fraction of sp³-hybridized carbons (Fsp3) is 0.280. The largest absolute Gasteiger partial charge is 0.399 e. The molecule has 3 aromatic rings. The van der Waals surface area contributed by atoms with Crippen molar-refractivity contribution < 1.29 is 14.4 Å². The van der Waals surface area contributed by atoms with Crippen LogP contribution < -0.4 is 10.6 Å². The van der Waals surface area contributed by atoms with Crippen molar-refractivity contribution in [3.05, 3.63) is 75.2 Å². The van der Waals surface area contributed by atoms with E-state index in [1.165, 1.54) is 13.3 Å². The molecule has 2 amide bonds. The van der Waals surface area contributed by atoms with E-state index in [2.05, 4.69) is 20.8 Å². The zero-order valence-electron chi connectivity index (χ0n) is 19.5. The molecular weight excluding hydrogens is 489 g/mol. The number of hydrogen-bond donors (Lipinski definition) is 2. The number of pyridine rings is 1. The van der Waals surface area contributed by atoms with Gasteiger partial charge in [-0.2, -0.15) is 0 Å². The molecule has 1 fully saturated rings. The van der Waals surface area contributed by atoms with Crippen molar-refractivity contribution in [2.75, 3.05) is 12.4 Å². The topological polar surface area (TPSA) is 97.6 Å². The van der Waals surface area contributed by atoms with Crippen LogP contribution in [0.5, 0.6) is 0 Å². The van der Waals surface area contributed by atoms with Crippen molar-refractivity contribution in [3.8, 4) is 5.82 Å². The molecule has 0 radical (unpaired) electrons. The highest BCUT2D eigenvalue weighted by molar-refractivity contribution is 6.32. The molecular formula is C25H25Cl2N5O3. The van der Waals surface area contributed by atoms with Crippen LogP contribution in [0.15, 0.2) is 47.8 Å². The predicted octanol–water partition coefficient (Wildman–Crippen LogP) is 5.25. The smallest absolute Gasteiger partial charge is 0.272 e. The lowest BCUT2D eigenvalue weighted by Gasteiger charge is -2.18. The highest BCUT2D eigenvalue weighted by Gasteiger charge is 2.30. The molecule has 1 unspecified atom stereocenters. The second kappa shape index (κ2) is 10.5. The third-order valence-electron chi connectivity index (χ3n) is 5.86. The van der Waals surface area contributed by atoms with Crippen molar-refractivity contribution in [2.24, 2.45) is 11.1 Å². The number of rotatable bonds is 8. The van der Waals surface area contributed by atoms with E-state index in [0.29, 0.717) is 44.3 Å². The number of nitrogens with one attached hydrogen (secondary N) is 2. The van der Waals surface area contributed by atoms with Crippen LogP contribution >= 0.6 is 23.2 Å². The van der Waals surface area contributed by atoms with Gasteiger partial charge in [-0.15, -0.1) is 0 Å². The molecule has 4 rings (SSSR count). The highest BCUT2D eigenvalue weighted by Crippen LogP contribution is 2.33. The van der Waals surface area contributed by atoms with E-state index in [4.69, 9.17) is 28.0 Å². The first kappa shape index (κ1) is 24.8. The maximum absolute atomic E-state index is 13.5. The number of amides is 2. The van der Waals surface area contributed by atoms with Gasteiger partial charge in [-0.3, -0.25) is 14.2 Å². The number of anilines is 1. The van der Waals surface area contributed by atoms with Gasteiger partial charge in [0.05, 0.1) is 28.2 Å². The minimum atomic E-state index is -0.460. The zero-order valence-corrected chi connectivity index (χ0v) is 21.0. The summed E-state index contributed by atoms with van der Waals surface area (Å²) >= 11 is 12.6. The molecule has 2 N–H and O–H groups in total. The van der Waals surface area contributed by atoms with E-state index in [1.54, 1.807) is 54.1 Å². The Morgan fingerprint density at radius 1 is 1.23 bits per heavy atom. The molecule has 1 saturated carbocycles. The Kier molecular flexibility index (Phi) is 7.42. The summed E-state index contributed by atoms with van der Waals surface area (Å²) < 4.78 is 1.57. The van der Waals surface area contributed by atoms with E-state index >= 15 is 0 Å². The number of halogens is 2. The van der Waals surface area contributed by atoms with Crippen LogP contribution in [0.2, 0.25) is 10.0 Å². The summed E-state index contributed by atoms with van der Waals surface area (Å²) in [7, 11) is 1.42. The van der Waals surface area contributed by atoms with Gasteiger partial charge in [0, 0.05) is 17.3 Å². The van der Waals surface area contributed by atoms with Crippen molar-refractivity contribution >= 4 is 46.9 Å². The molecule has 1 aliphatic carbocycles. The maximum atomic E-state index is 13.5. The molecule has 2 aromatic heterocycles. The number of aryl methyl sites for hydroxylation is 1. The first-order valence-corrected chi connectivity index (χ1v) is 11.9. The monoisotopic (exact) mass is 513 g/mol. The Labute approximate surface area is 213 Å². The lowest BCUT2D eigenvalue weighted by atomic mass is 10.1. The number of carbonyl (C=O) groups excluding carboxylic acids is 2. The number of aromatic nitrogens is 2. The summed E-state index contributed by atoms with van der Waals surface area (Å²) in [6.45, 7) is 3.77. The van der Waals surface area contributed by atoms with Gasteiger partial charge in [0.1, 0.15) is 12.8 Å². The lowest BCUT2D eigenvalue weighted by Crippen LogP contribution is -2.34. The molecule has 0 bridgehead atoms. The molecule has 35 heavy (non-hydrogen) atoms. The minimum absolute atomic E-state index is 0.0384. The molecule has 10 heteroatoms. The summed E-state index contributed by atoms with van der Waals surface area (Å²) in [6, 6.07) is 9.99.